The lowest BCUT2D eigenvalue weighted by Gasteiger charge is -2.13. The third-order valence-corrected chi connectivity index (χ3v) is 9.81. The number of aliphatic hydroxyl groups is 1. The van der Waals surface area contributed by atoms with Crippen LogP contribution in [0.5, 0.6) is 5.75 Å². The Morgan fingerprint density at radius 3 is 2.18 bits per heavy atom. The minimum Gasteiger partial charge on any atom is -0.492 e. The molecule has 8 aromatic rings. The van der Waals surface area contributed by atoms with Gasteiger partial charge in [0, 0.05) is 61.7 Å². The van der Waals surface area contributed by atoms with E-state index >= 15 is 0 Å². The van der Waals surface area contributed by atoms with Gasteiger partial charge in [-0.3, -0.25) is 8.80 Å². The number of fused-ring (bicyclic) bond motifs is 2. The number of hydrogen-bond donors (Lipinski definition) is 5. The van der Waals surface area contributed by atoms with Gasteiger partial charge in [-0.1, -0.05) is 66.7 Å². The van der Waals surface area contributed by atoms with Crippen molar-refractivity contribution in [1.82, 2.24) is 39.6 Å². The molecule has 0 unspecified atom stereocenters. The van der Waals surface area contributed by atoms with Crippen LogP contribution < -0.4 is 26.0 Å². The zero-order valence-electron chi connectivity index (χ0n) is 31.4. The van der Waals surface area contributed by atoms with E-state index in [2.05, 4.69) is 134 Å². The second-order valence-electron chi connectivity index (χ2n) is 13.6. The fourth-order valence-electron chi connectivity index (χ4n) is 6.79. The van der Waals surface area contributed by atoms with Gasteiger partial charge in [-0.25, -0.2) is 9.97 Å². The van der Waals surface area contributed by atoms with Crippen LogP contribution in [0.4, 0.5) is 23.1 Å². The second-order valence-corrected chi connectivity index (χ2v) is 13.6. The van der Waals surface area contributed by atoms with Crippen molar-refractivity contribution in [2.24, 2.45) is 0 Å². The van der Waals surface area contributed by atoms with E-state index in [1.165, 1.54) is 11.1 Å². The van der Waals surface area contributed by atoms with Crippen molar-refractivity contribution >= 4 is 34.4 Å². The Kier molecular flexibility index (Phi) is 10.9. The Bertz CT molecular complexity index is 2570. The zero-order valence-corrected chi connectivity index (χ0v) is 31.4. The van der Waals surface area contributed by atoms with E-state index in [0.717, 1.165) is 61.8 Å². The van der Waals surface area contributed by atoms with Crippen LogP contribution in [-0.4, -0.2) is 60.4 Å². The fraction of sp³-hybridized carbons (Fsp3) is 0.182. The minimum absolute atomic E-state index is 0.0993. The summed E-state index contributed by atoms with van der Waals surface area (Å²) in [5, 5.41) is 31.5. The maximum Gasteiger partial charge on any atom is 0.233 e. The van der Waals surface area contributed by atoms with E-state index in [1.54, 1.807) is 6.33 Å². The van der Waals surface area contributed by atoms with E-state index in [-0.39, 0.29) is 6.61 Å². The van der Waals surface area contributed by atoms with Crippen molar-refractivity contribution in [3.05, 3.63) is 150 Å². The summed E-state index contributed by atoms with van der Waals surface area (Å²) in [5.41, 5.74) is 12.5. The van der Waals surface area contributed by atoms with Crippen LogP contribution in [0, 0.1) is 13.8 Å². The highest BCUT2D eigenvalue weighted by atomic mass is 16.5. The number of aromatic nitrogens is 6. The van der Waals surface area contributed by atoms with E-state index < -0.39 is 0 Å². The summed E-state index contributed by atoms with van der Waals surface area (Å²) in [4.78, 5) is 9.21. The van der Waals surface area contributed by atoms with Gasteiger partial charge < -0.3 is 31.1 Å². The molecular formula is C44H44N10O2. The molecule has 4 aromatic carbocycles. The number of imidazole rings is 1. The van der Waals surface area contributed by atoms with Gasteiger partial charge in [0.25, 0.3) is 0 Å². The lowest BCUT2D eigenvalue weighted by molar-refractivity contribution is 0.292. The molecule has 8 rings (SSSR count). The van der Waals surface area contributed by atoms with E-state index in [4.69, 9.17) is 9.84 Å². The lowest BCUT2D eigenvalue weighted by Crippen LogP contribution is -2.20. The third-order valence-electron chi connectivity index (χ3n) is 9.81. The van der Waals surface area contributed by atoms with E-state index in [9.17, 15) is 0 Å². The van der Waals surface area contributed by atoms with Crippen molar-refractivity contribution < 1.29 is 9.84 Å². The molecule has 0 bridgehead atoms. The summed E-state index contributed by atoms with van der Waals surface area (Å²) in [6, 6.07) is 35.2. The molecule has 4 aromatic heterocycles. The summed E-state index contributed by atoms with van der Waals surface area (Å²) in [6.07, 6.45) is 7.59. The first-order valence-corrected chi connectivity index (χ1v) is 18.7. The quantitative estimate of drug-likeness (QED) is 0.0634. The molecule has 0 spiro atoms. The molecule has 0 radical (unpaired) electrons. The van der Waals surface area contributed by atoms with Crippen molar-refractivity contribution in [3.63, 3.8) is 0 Å². The van der Waals surface area contributed by atoms with Gasteiger partial charge >= 0.3 is 0 Å². The van der Waals surface area contributed by atoms with Gasteiger partial charge in [-0.15, -0.1) is 10.2 Å². The molecule has 4 heterocycles. The number of benzene rings is 4. The zero-order chi connectivity index (χ0) is 38.3. The molecule has 0 saturated carbocycles. The molecule has 0 amide bonds. The molecule has 56 heavy (non-hydrogen) atoms. The highest BCUT2D eigenvalue weighted by Gasteiger charge is 2.13. The number of anilines is 4. The Morgan fingerprint density at radius 2 is 1.41 bits per heavy atom. The Labute approximate surface area is 325 Å². The van der Waals surface area contributed by atoms with Gasteiger partial charge in [-0.05, 0) is 89.2 Å². The SMILES string of the molecule is Cc1c(Nc2ncn3cc(CNCCO)cnc23)cccc1-c1ccc(OCCNCc2ccn3c(Nc4cccc(-c5ccccc5)c4C)nnc3c2)cc1. The van der Waals surface area contributed by atoms with Crippen LogP contribution in [0.3, 0.4) is 0 Å². The topological polar surface area (TPSA) is 138 Å². The Balaban J connectivity index is 0.828. The molecule has 0 atom stereocenters. The van der Waals surface area contributed by atoms with Crippen LogP contribution in [0.1, 0.15) is 22.3 Å². The van der Waals surface area contributed by atoms with Gasteiger partial charge in [0.2, 0.25) is 5.95 Å². The molecule has 0 aliphatic heterocycles. The minimum atomic E-state index is 0.0993. The van der Waals surface area contributed by atoms with Crippen molar-refractivity contribution in [1.29, 1.82) is 0 Å². The number of ether oxygens (including phenoxy) is 1. The molecule has 0 aliphatic rings. The van der Waals surface area contributed by atoms with Crippen LogP contribution in [0.25, 0.3) is 33.5 Å². The largest absolute Gasteiger partial charge is 0.492 e. The highest BCUT2D eigenvalue weighted by molar-refractivity contribution is 5.79. The smallest absolute Gasteiger partial charge is 0.233 e. The fourth-order valence-corrected chi connectivity index (χ4v) is 6.79. The van der Waals surface area contributed by atoms with E-state index in [0.29, 0.717) is 44.6 Å². The van der Waals surface area contributed by atoms with E-state index in [1.807, 2.05) is 51.7 Å². The summed E-state index contributed by atoms with van der Waals surface area (Å²) < 4.78 is 9.95. The van der Waals surface area contributed by atoms with Gasteiger partial charge in [-0.2, -0.15) is 0 Å². The van der Waals surface area contributed by atoms with Gasteiger partial charge in [0.15, 0.2) is 17.1 Å². The number of aliphatic hydroxyl groups excluding tert-OH is 1. The molecule has 5 N–H and O–H groups in total. The first kappa shape index (κ1) is 36.4. The number of rotatable bonds is 16. The first-order valence-electron chi connectivity index (χ1n) is 18.7. The Morgan fingerprint density at radius 1 is 0.696 bits per heavy atom. The monoisotopic (exact) mass is 744 g/mol. The van der Waals surface area contributed by atoms with Crippen molar-refractivity contribution in [3.8, 4) is 28.0 Å². The van der Waals surface area contributed by atoms with Crippen molar-refractivity contribution in [2.45, 2.75) is 26.9 Å². The molecule has 0 fully saturated rings. The summed E-state index contributed by atoms with van der Waals surface area (Å²) in [7, 11) is 0. The second kappa shape index (κ2) is 16.8. The first-order chi connectivity index (χ1) is 27.5. The molecular weight excluding hydrogens is 701 g/mol. The highest BCUT2D eigenvalue weighted by Crippen LogP contribution is 2.32. The van der Waals surface area contributed by atoms with Gasteiger partial charge in [0.05, 0.1) is 6.61 Å². The molecule has 0 aliphatic carbocycles. The average molecular weight is 745 g/mol. The standard InChI is InChI=1S/C44H44N10O2/c1-30-38(11-6-12-39(30)49-42-43-47-27-33(26-45-19-22-55)28-53(43)29-48-42)35-14-16-36(17-15-35)56-23-20-46-25-32-18-21-54-41(24-32)51-52-44(54)50-40-13-7-10-37(31(40)2)34-8-4-3-5-9-34/h3-18,21,24,27-29,45-46,49,55H,19-20,22-23,25-26H2,1-2H3,(H,50,52). The average Bonchev–Trinajstić information content (AvgIpc) is 3.83. The van der Waals surface area contributed by atoms with Crippen LogP contribution >= 0.6 is 0 Å². The lowest BCUT2D eigenvalue weighted by atomic mass is 9.99. The number of nitrogens with one attached hydrogen (secondary N) is 4. The van der Waals surface area contributed by atoms with Crippen LogP contribution in [0.15, 0.2) is 128 Å². The molecule has 282 valence electrons. The number of hydrogen-bond acceptors (Lipinski definition) is 10. The van der Waals surface area contributed by atoms with Crippen LogP contribution in [-0.2, 0) is 13.1 Å². The normalized spacial score (nSPS) is 11.3. The number of pyridine rings is 1. The summed E-state index contributed by atoms with van der Waals surface area (Å²) in [5.74, 6) is 2.18. The van der Waals surface area contributed by atoms with Gasteiger partial charge in [0.1, 0.15) is 18.7 Å². The maximum absolute atomic E-state index is 9.02. The maximum atomic E-state index is 9.02. The predicted molar refractivity (Wildman–Crippen MR) is 222 cm³/mol. The predicted octanol–water partition coefficient (Wildman–Crippen LogP) is 7.46. The van der Waals surface area contributed by atoms with Crippen molar-refractivity contribution in [2.75, 3.05) is 36.9 Å². The molecule has 12 heteroatoms. The summed E-state index contributed by atoms with van der Waals surface area (Å²) in [6.45, 7) is 7.40. The van der Waals surface area contributed by atoms with Crippen LogP contribution in [0.2, 0.25) is 0 Å². The molecule has 12 nitrogen and oxygen atoms in total. The third kappa shape index (κ3) is 8.08. The number of nitrogens with zero attached hydrogens (tertiary/aromatic N) is 6. The molecule has 0 saturated heterocycles. The summed E-state index contributed by atoms with van der Waals surface area (Å²) >= 11 is 0. The Hall–Kier alpha value is -6.60.